The molecule has 0 radical (unpaired) electrons. The second-order valence-electron chi connectivity index (χ2n) is 12.2. The zero-order chi connectivity index (χ0) is 29.2. The standard InChI is InChI=1S/C31H45ClN6O3/c1-36(2)17-14-27(39)12-13-29(40)35-28(20-24-8-10-26(32)11-9-24)30(41)37-18-15-31(16-19-37,21-38-23-33-22-34-38)25-6-4-3-5-7-25/h8-11,22-23,25,28H,3-7,12-21H2,1-2H3,(H,35,40)/t28-/m1/s1. The molecule has 2 amide bonds. The molecule has 1 saturated heterocycles. The van der Waals surface area contributed by atoms with E-state index in [2.05, 4.69) is 15.4 Å². The minimum Gasteiger partial charge on any atom is -0.344 e. The van der Waals surface area contributed by atoms with E-state index in [1.54, 1.807) is 24.8 Å². The van der Waals surface area contributed by atoms with E-state index in [1.165, 1.54) is 32.1 Å². The van der Waals surface area contributed by atoms with Crippen molar-refractivity contribution in [1.82, 2.24) is 29.9 Å². The Hall–Kier alpha value is -2.78. The highest BCUT2D eigenvalue weighted by atomic mass is 35.5. The number of nitrogens with one attached hydrogen (secondary N) is 1. The highest BCUT2D eigenvalue weighted by molar-refractivity contribution is 6.30. The molecule has 2 fully saturated rings. The van der Waals surface area contributed by atoms with Crippen LogP contribution in [0.15, 0.2) is 36.9 Å². The molecule has 0 bridgehead atoms. The van der Waals surface area contributed by atoms with Crippen LogP contribution >= 0.6 is 11.6 Å². The number of hydrogen-bond acceptors (Lipinski definition) is 6. The second-order valence-corrected chi connectivity index (χ2v) is 12.6. The molecule has 1 N–H and O–H groups in total. The van der Waals surface area contributed by atoms with Gasteiger partial charge in [0, 0.05) is 56.9 Å². The van der Waals surface area contributed by atoms with Gasteiger partial charge in [-0.05, 0) is 68.8 Å². The van der Waals surface area contributed by atoms with Crippen LogP contribution in [0.25, 0.3) is 0 Å². The predicted molar refractivity (Wildman–Crippen MR) is 159 cm³/mol. The summed E-state index contributed by atoms with van der Waals surface area (Å²) in [6.07, 6.45) is 12.5. The Morgan fingerprint density at radius 1 is 1.05 bits per heavy atom. The number of benzene rings is 1. The maximum absolute atomic E-state index is 13.9. The number of likely N-dealkylation sites (tertiary alicyclic amines) is 1. The molecule has 1 aromatic carbocycles. The van der Waals surface area contributed by atoms with Crippen LogP contribution < -0.4 is 5.32 Å². The molecule has 0 spiro atoms. The van der Waals surface area contributed by atoms with Crippen molar-refractivity contribution in [3.05, 3.63) is 47.5 Å². The number of ketones is 1. The summed E-state index contributed by atoms with van der Waals surface area (Å²) >= 11 is 6.08. The molecule has 41 heavy (non-hydrogen) atoms. The highest BCUT2D eigenvalue weighted by Gasteiger charge is 2.43. The van der Waals surface area contributed by atoms with E-state index in [0.717, 1.165) is 24.9 Å². The molecule has 10 heteroatoms. The minimum absolute atomic E-state index is 0.0527. The Kier molecular flexibility index (Phi) is 11.3. The van der Waals surface area contributed by atoms with Crippen molar-refractivity contribution in [2.45, 2.75) is 83.2 Å². The van der Waals surface area contributed by atoms with E-state index in [1.807, 2.05) is 40.7 Å². The van der Waals surface area contributed by atoms with Crippen LogP contribution in [0.5, 0.6) is 0 Å². The minimum atomic E-state index is -0.696. The molecular formula is C31H45ClN6O3. The first-order chi connectivity index (χ1) is 19.7. The number of halogens is 1. The zero-order valence-corrected chi connectivity index (χ0v) is 25.3. The van der Waals surface area contributed by atoms with Gasteiger partial charge < -0.3 is 15.1 Å². The molecule has 2 aromatic rings. The fourth-order valence-corrected chi connectivity index (χ4v) is 6.62. The average Bonchev–Trinajstić information content (AvgIpc) is 3.49. The number of carbonyl (C=O) groups excluding carboxylic acids is 3. The van der Waals surface area contributed by atoms with Gasteiger partial charge in [-0.3, -0.25) is 19.1 Å². The van der Waals surface area contributed by atoms with Crippen molar-refractivity contribution in [3.8, 4) is 0 Å². The van der Waals surface area contributed by atoms with Gasteiger partial charge in [0.15, 0.2) is 0 Å². The van der Waals surface area contributed by atoms with E-state index in [9.17, 15) is 14.4 Å². The van der Waals surface area contributed by atoms with E-state index in [4.69, 9.17) is 11.6 Å². The summed E-state index contributed by atoms with van der Waals surface area (Å²) in [4.78, 5) is 47.1. The number of aromatic nitrogens is 3. The molecule has 1 aliphatic heterocycles. The molecule has 2 heterocycles. The SMILES string of the molecule is CN(C)CCC(=O)CCC(=O)N[C@H](Cc1ccc(Cl)cc1)C(=O)N1CCC(Cn2cncn2)(C2CCCCC2)CC1. The highest BCUT2D eigenvalue weighted by Crippen LogP contribution is 2.47. The van der Waals surface area contributed by atoms with Crippen molar-refractivity contribution >= 4 is 29.2 Å². The lowest BCUT2D eigenvalue weighted by Crippen LogP contribution is -2.54. The van der Waals surface area contributed by atoms with Gasteiger partial charge in [-0.1, -0.05) is 43.0 Å². The van der Waals surface area contributed by atoms with Crippen molar-refractivity contribution in [3.63, 3.8) is 0 Å². The number of Topliss-reactive ketones (excluding diaryl/α,β-unsaturated/α-hetero) is 1. The largest absolute Gasteiger partial charge is 0.344 e. The molecule has 224 valence electrons. The van der Waals surface area contributed by atoms with Crippen LogP contribution in [0, 0.1) is 11.3 Å². The number of nitrogens with zero attached hydrogens (tertiary/aromatic N) is 5. The quantitative estimate of drug-likeness (QED) is 0.380. The van der Waals surface area contributed by atoms with Crippen LogP contribution in [0.3, 0.4) is 0 Å². The molecule has 1 atom stereocenters. The fraction of sp³-hybridized carbons (Fsp3) is 0.645. The van der Waals surface area contributed by atoms with Gasteiger partial charge in [0.2, 0.25) is 11.8 Å². The smallest absolute Gasteiger partial charge is 0.245 e. The van der Waals surface area contributed by atoms with E-state index in [0.29, 0.717) is 43.4 Å². The van der Waals surface area contributed by atoms with Gasteiger partial charge in [-0.15, -0.1) is 0 Å². The molecule has 9 nitrogen and oxygen atoms in total. The summed E-state index contributed by atoms with van der Waals surface area (Å²) in [5, 5.41) is 8.00. The molecule has 4 rings (SSSR count). The molecule has 1 saturated carbocycles. The first kappa shape index (κ1) is 31.2. The third-order valence-electron chi connectivity index (χ3n) is 8.94. The Morgan fingerprint density at radius 2 is 1.76 bits per heavy atom. The molecular weight excluding hydrogens is 540 g/mol. The van der Waals surface area contributed by atoms with Crippen molar-refractivity contribution < 1.29 is 14.4 Å². The summed E-state index contributed by atoms with van der Waals surface area (Å²) in [6, 6.07) is 6.68. The summed E-state index contributed by atoms with van der Waals surface area (Å²) in [7, 11) is 3.84. The number of carbonyl (C=O) groups is 3. The lowest BCUT2D eigenvalue weighted by molar-refractivity contribution is -0.139. The van der Waals surface area contributed by atoms with Crippen LogP contribution in [-0.4, -0.2) is 81.9 Å². The first-order valence-corrected chi connectivity index (χ1v) is 15.4. The summed E-state index contributed by atoms with van der Waals surface area (Å²) in [5.41, 5.74) is 1.02. The Balaban J connectivity index is 1.42. The molecule has 1 aliphatic carbocycles. The van der Waals surface area contributed by atoms with Gasteiger partial charge in [0.25, 0.3) is 0 Å². The topological polar surface area (TPSA) is 100 Å². The second kappa shape index (κ2) is 14.9. The number of amides is 2. The zero-order valence-electron chi connectivity index (χ0n) is 24.6. The van der Waals surface area contributed by atoms with Crippen LogP contribution in [-0.2, 0) is 27.3 Å². The maximum atomic E-state index is 13.9. The normalized spacial score (nSPS) is 18.3. The Morgan fingerprint density at radius 3 is 2.39 bits per heavy atom. The first-order valence-electron chi connectivity index (χ1n) is 15.1. The number of rotatable bonds is 13. The lowest BCUT2D eigenvalue weighted by atomic mass is 9.63. The van der Waals surface area contributed by atoms with E-state index < -0.39 is 6.04 Å². The Labute approximate surface area is 249 Å². The third-order valence-corrected chi connectivity index (χ3v) is 9.19. The monoisotopic (exact) mass is 584 g/mol. The van der Waals surface area contributed by atoms with Crippen molar-refractivity contribution in [1.29, 1.82) is 0 Å². The predicted octanol–water partition coefficient (Wildman–Crippen LogP) is 4.15. The molecule has 2 aliphatic rings. The lowest BCUT2D eigenvalue weighted by Gasteiger charge is -2.48. The van der Waals surface area contributed by atoms with Gasteiger partial charge in [-0.2, -0.15) is 5.10 Å². The molecule has 0 unspecified atom stereocenters. The van der Waals surface area contributed by atoms with Gasteiger partial charge in [0.1, 0.15) is 24.5 Å². The van der Waals surface area contributed by atoms with Gasteiger partial charge in [0.05, 0.1) is 0 Å². The van der Waals surface area contributed by atoms with Crippen LogP contribution in [0.2, 0.25) is 5.02 Å². The maximum Gasteiger partial charge on any atom is 0.245 e. The fourth-order valence-electron chi connectivity index (χ4n) is 6.49. The molecule has 1 aromatic heterocycles. The van der Waals surface area contributed by atoms with Crippen molar-refractivity contribution in [2.24, 2.45) is 11.3 Å². The summed E-state index contributed by atoms with van der Waals surface area (Å²) in [6.45, 7) is 2.79. The summed E-state index contributed by atoms with van der Waals surface area (Å²) in [5.74, 6) is 0.338. The Bertz CT molecular complexity index is 1120. The van der Waals surface area contributed by atoms with Gasteiger partial charge >= 0.3 is 0 Å². The summed E-state index contributed by atoms with van der Waals surface area (Å²) < 4.78 is 1.95. The third kappa shape index (κ3) is 9.10. The van der Waals surface area contributed by atoms with Crippen molar-refractivity contribution in [2.75, 3.05) is 33.7 Å². The van der Waals surface area contributed by atoms with Gasteiger partial charge in [-0.25, -0.2) is 4.98 Å². The van der Waals surface area contributed by atoms with Crippen LogP contribution in [0.1, 0.15) is 69.8 Å². The number of piperidine rings is 1. The van der Waals surface area contributed by atoms with E-state index in [-0.39, 0.29) is 35.9 Å². The van der Waals surface area contributed by atoms with Crippen LogP contribution in [0.4, 0.5) is 0 Å². The van der Waals surface area contributed by atoms with E-state index >= 15 is 0 Å². The number of hydrogen-bond donors (Lipinski definition) is 1. The average molecular weight is 585 g/mol.